The quantitative estimate of drug-likeness (QED) is 0.777. The van der Waals surface area contributed by atoms with Gasteiger partial charge in [-0.15, -0.1) is 0 Å². The number of hydrogen-bond acceptors (Lipinski definition) is 4. The summed E-state index contributed by atoms with van der Waals surface area (Å²) >= 11 is 0. The predicted molar refractivity (Wildman–Crippen MR) is 68.4 cm³/mol. The Morgan fingerprint density at radius 2 is 1.88 bits per heavy atom. The van der Waals surface area contributed by atoms with Crippen LogP contribution in [0.5, 0.6) is 0 Å². The third-order valence-electron chi connectivity index (χ3n) is 2.15. The minimum atomic E-state index is -3.30. The van der Waals surface area contributed by atoms with Crippen LogP contribution in [0.15, 0.2) is 12.1 Å². The van der Waals surface area contributed by atoms with Gasteiger partial charge in [0.05, 0.1) is 17.6 Å². The van der Waals surface area contributed by atoms with Crippen LogP contribution in [0.3, 0.4) is 0 Å². The minimum absolute atomic E-state index is 0.414. The van der Waals surface area contributed by atoms with Crippen molar-refractivity contribution in [3.63, 3.8) is 0 Å². The lowest BCUT2D eigenvalue weighted by molar-refractivity contribution is 0.607. The standard InChI is InChI=1S/C10H17N3O2S/c1-7-5-8(11)9(12-16(4,14)15)6-10(7)13(2)3/h5-6,12H,11H2,1-4H3. The number of anilines is 3. The van der Waals surface area contributed by atoms with Crippen LogP contribution in [-0.4, -0.2) is 28.8 Å². The van der Waals surface area contributed by atoms with Crippen molar-refractivity contribution in [2.24, 2.45) is 0 Å². The van der Waals surface area contributed by atoms with E-state index in [4.69, 9.17) is 5.73 Å². The number of hydrogen-bond donors (Lipinski definition) is 2. The second-order valence-electron chi connectivity index (χ2n) is 3.99. The van der Waals surface area contributed by atoms with E-state index in [2.05, 4.69) is 4.72 Å². The molecule has 6 heteroatoms. The number of nitrogens with one attached hydrogen (secondary N) is 1. The summed E-state index contributed by atoms with van der Waals surface area (Å²) in [6.45, 7) is 1.93. The molecule has 1 aromatic rings. The lowest BCUT2D eigenvalue weighted by Gasteiger charge is -2.18. The van der Waals surface area contributed by atoms with Crippen molar-refractivity contribution >= 4 is 27.1 Å². The Kier molecular flexibility index (Phi) is 3.32. The molecular weight excluding hydrogens is 226 g/mol. The normalized spacial score (nSPS) is 11.2. The van der Waals surface area contributed by atoms with Crippen molar-refractivity contribution in [3.05, 3.63) is 17.7 Å². The first kappa shape index (κ1) is 12.6. The first-order valence-corrected chi connectivity index (χ1v) is 6.65. The van der Waals surface area contributed by atoms with Crippen LogP contribution < -0.4 is 15.4 Å². The van der Waals surface area contributed by atoms with Crippen LogP contribution in [0.1, 0.15) is 5.56 Å². The molecule has 0 atom stereocenters. The van der Waals surface area contributed by atoms with Crippen LogP contribution in [0, 0.1) is 6.92 Å². The zero-order valence-corrected chi connectivity index (χ0v) is 10.7. The number of nitrogens with two attached hydrogens (primary N) is 1. The molecule has 0 aliphatic rings. The molecule has 1 aromatic carbocycles. The number of sulfonamides is 1. The summed E-state index contributed by atoms with van der Waals surface area (Å²) in [5, 5.41) is 0. The van der Waals surface area contributed by atoms with Gasteiger partial charge in [0, 0.05) is 19.8 Å². The smallest absolute Gasteiger partial charge is 0.229 e. The van der Waals surface area contributed by atoms with Crippen molar-refractivity contribution in [1.82, 2.24) is 0 Å². The number of nitrogen functional groups attached to an aromatic ring is 1. The second-order valence-corrected chi connectivity index (χ2v) is 5.74. The van der Waals surface area contributed by atoms with Crippen molar-refractivity contribution in [2.45, 2.75) is 6.92 Å². The fourth-order valence-electron chi connectivity index (χ4n) is 1.49. The van der Waals surface area contributed by atoms with Crippen molar-refractivity contribution in [1.29, 1.82) is 0 Å². The maximum absolute atomic E-state index is 11.1. The van der Waals surface area contributed by atoms with Gasteiger partial charge < -0.3 is 10.6 Å². The van der Waals surface area contributed by atoms with Crippen molar-refractivity contribution in [2.75, 3.05) is 35.7 Å². The van der Waals surface area contributed by atoms with E-state index in [-0.39, 0.29) is 0 Å². The SMILES string of the molecule is Cc1cc(N)c(NS(C)(=O)=O)cc1N(C)C. The van der Waals surface area contributed by atoms with Gasteiger partial charge in [0.1, 0.15) is 0 Å². The van der Waals surface area contributed by atoms with Gasteiger partial charge >= 0.3 is 0 Å². The molecule has 1 rings (SSSR count). The highest BCUT2D eigenvalue weighted by Crippen LogP contribution is 2.29. The molecule has 90 valence electrons. The van der Waals surface area contributed by atoms with Gasteiger partial charge in [0.2, 0.25) is 10.0 Å². The largest absolute Gasteiger partial charge is 0.397 e. The predicted octanol–water partition coefficient (Wildman–Crippen LogP) is 1.01. The van der Waals surface area contributed by atoms with E-state index in [0.29, 0.717) is 11.4 Å². The Bertz CT molecular complexity index is 495. The molecule has 0 aromatic heterocycles. The third-order valence-corrected chi connectivity index (χ3v) is 2.74. The van der Waals surface area contributed by atoms with Crippen LogP contribution in [0.4, 0.5) is 17.1 Å². The average molecular weight is 243 g/mol. The lowest BCUT2D eigenvalue weighted by Crippen LogP contribution is -2.14. The van der Waals surface area contributed by atoms with E-state index in [1.807, 2.05) is 25.9 Å². The molecule has 3 N–H and O–H groups in total. The molecule has 0 bridgehead atoms. The summed E-state index contributed by atoms with van der Waals surface area (Å²) in [6.07, 6.45) is 1.10. The molecule has 0 fully saturated rings. The maximum atomic E-state index is 11.1. The van der Waals surface area contributed by atoms with Gasteiger partial charge in [0.15, 0.2) is 0 Å². The number of rotatable bonds is 3. The van der Waals surface area contributed by atoms with E-state index in [0.717, 1.165) is 17.5 Å². The molecule has 0 unspecified atom stereocenters. The first-order chi connectivity index (χ1) is 7.20. The highest BCUT2D eigenvalue weighted by molar-refractivity contribution is 7.92. The van der Waals surface area contributed by atoms with Crippen molar-refractivity contribution < 1.29 is 8.42 Å². The topological polar surface area (TPSA) is 75.4 Å². The Morgan fingerprint density at radius 1 is 1.31 bits per heavy atom. The van der Waals surface area contributed by atoms with Crippen LogP contribution >= 0.6 is 0 Å². The van der Waals surface area contributed by atoms with Gasteiger partial charge in [-0.3, -0.25) is 4.72 Å². The van der Waals surface area contributed by atoms with Crippen LogP contribution in [0.25, 0.3) is 0 Å². The molecule has 0 spiro atoms. The van der Waals surface area contributed by atoms with E-state index in [1.54, 1.807) is 12.1 Å². The van der Waals surface area contributed by atoms with Crippen molar-refractivity contribution in [3.8, 4) is 0 Å². The maximum Gasteiger partial charge on any atom is 0.229 e. The summed E-state index contributed by atoms with van der Waals surface area (Å²) in [4.78, 5) is 1.90. The van der Waals surface area contributed by atoms with Gasteiger partial charge in [-0.25, -0.2) is 8.42 Å². The molecule has 0 saturated carbocycles. The summed E-state index contributed by atoms with van der Waals surface area (Å²) in [5.74, 6) is 0. The summed E-state index contributed by atoms with van der Waals surface area (Å²) in [6, 6.07) is 3.48. The van der Waals surface area contributed by atoms with Gasteiger partial charge in [-0.2, -0.15) is 0 Å². The Balaban J connectivity index is 3.25. The molecule has 0 saturated heterocycles. The monoisotopic (exact) mass is 243 g/mol. The molecule has 0 radical (unpaired) electrons. The van der Waals surface area contributed by atoms with Gasteiger partial charge in [-0.05, 0) is 24.6 Å². The fourth-order valence-corrected chi connectivity index (χ4v) is 2.07. The number of nitrogens with zero attached hydrogens (tertiary/aromatic N) is 1. The van der Waals surface area contributed by atoms with E-state index < -0.39 is 10.0 Å². The molecule has 0 heterocycles. The zero-order valence-electron chi connectivity index (χ0n) is 9.90. The molecule has 16 heavy (non-hydrogen) atoms. The Morgan fingerprint density at radius 3 is 2.31 bits per heavy atom. The van der Waals surface area contributed by atoms with Crippen LogP contribution in [0.2, 0.25) is 0 Å². The molecular formula is C10H17N3O2S. The van der Waals surface area contributed by atoms with Gasteiger partial charge in [-0.1, -0.05) is 0 Å². The molecule has 0 aliphatic carbocycles. The molecule has 0 aliphatic heterocycles. The zero-order chi connectivity index (χ0) is 12.5. The average Bonchev–Trinajstić information content (AvgIpc) is 2.07. The summed E-state index contributed by atoms with van der Waals surface area (Å²) in [7, 11) is 0.480. The second kappa shape index (κ2) is 4.21. The highest BCUT2D eigenvalue weighted by atomic mass is 32.2. The third kappa shape index (κ3) is 3.03. The summed E-state index contributed by atoms with van der Waals surface area (Å²) in [5.41, 5.74) is 8.52. The molecule has 5 nitrogen and oxygen atoms in total. The molecule has 0 amide bonds. The number of aryl methyl sites for hydroxylation is 1. The Hall–Kier alpha value is -1.43. The highest BCUT2D eigenvalue weighted by Gasteiger charge is 2.10. The fraction of sp³-hybridized carbons (Fsp3) is 0.400. The number of benzene rings is 1. The van der Waals surface area contributed by atoms with E-state index in [1.165, 1.54) is 0 Å². The lowest BCUT2D eigenvalue weighted by atomic mass is 10.1. The van der Waals surface area contributed by atoms with Crippen LogP contribution in [-0.2, 0) is 10.0 Å². The minimum Gasteiger partial charge on any atom is -0.397 e. The van der Waals surface area contributed by atoms with E-state index >= 15 is 0 Å². The van der Waals surface area contributed by atoms with Gasteiger partial charge in [0.25, 0.3) is 0 Å². The van der Waals surface area contributed by atoms with E-state index in [9.17, 15) is 8.42 Å². The Labute approximate surface area is 96.3 Å². The first-order valence-electron chi connectivity index (χ1n) is 4.76. The summed E-state index contributed by atoms with van der Waals surface area (Å²) < 4.78 is 24.7.